The topological polar surface area (TPSA) is 59.1 Å². The Kier molecular flexibility index (Phi) is 6.98. The molecule has 160 valence electrons. The van der Waals surface area contributed by atoms with E-state index in [0.29, 0.717) is 37.7 Å². The molecule has 30 heavy (non-hydrogen) atoms. The van der Waals surface area contributed by atoms with Gasteiger partial charge in [-0.3, -0.25) is 9.59 Å². The molecule has 2 unspecified atom stereocenters. The van der Waals surface area contributed by atoms with Crippen LogP contribution >= 0.6 is 0 Å². The highest BCUT2D eigenvalue weighted by Crippen LogP contribution is 2.17. The molecule has 2 aromatic carbocycles. The van der Waals surface area contributed by atoms with Crippen molar-refractivity contribution in [1.82, 2.24) is 9.80 Å². The Bertz CT molecular complexity index is 782. The van der Waals surface area contributed by atoms with Gasteiger partial charge in [-0.25, -0.2) is 0 Å². The maximum Gasteiger partial charge on any atom is 0.263 e. The smallest absolute Gasteiger partial charge is 0.263 e. The van der Waals surface area contributed by atoms with Gasteiger partial charge in [-0.15, -0.1) is 0 Å². The maximum absolute atomic E-state index is 12.7. The average molecular weight is 411 g/mol. The molecule has 0 spiro atoms. The highest BCUT2D eigenvalue weighted by Gasteiger charge is 2.30. The minimum Gasteiger partial charge on any atom is -0.481 e. The summed E-state index contributed by atoms with van der Waals surface area (Å²) in [5.41, 5.74) is 2.28. The molecule has 1 fully saturated rings. The lowest BCUT2D eigenvalue weighted by molar-refractivity contribution is -0.146. The first-order valence-corrected chi connectivity index (χ1v) is 10.4. The number of piperazine rings is 1. The number of amides is 2. The van der Waals surface area contributed by atoms with Gasteiger partial charge in [-0.2, -0.15) is 0 Å². The van der Waals surface area contributed by atoms with Crippen molar-refractivity contribution in [2.45, 2.75) is 39.9 Å². The van der Waals surface area contributed by atoms with Crippen molar-refractivity contribution in [1.29, 1.82) is 0 Å². The second-order valence-electron chi connectivity index (χ2n) is 7.80. The number of carbonyl (C=O) groups is 2. The number of carbonyl (C=O) groups excluding carboxylic acids is 2. The number of benzene rings is 2. The minimum absolute atomic E-state index is 0.0633. The lowest BCUT2D eigenvalue weighted by Gasteiger charge is -2.36. The highest BCUT2D eigenvalue weighted by molar-refractivity contribution is 5.83. The van der Waals surface area contributed by atoms with Crippen molar-refractivity contribution in [2.24, 2.45) is 0 Å². The van der Waals surface area contributed by atoms with Crippen LogP contribution in [0.2, 0.25) is 0 Å². The van der Waals surface area contributed by atoms with E-state index in [1.165, 1.54) is 0 Å². The monoisotopic (exact) mass is 410 g/mol. The second-order valence-corrected chi connectivity index (χ2v) is 7.80. The molecular weight excluding hydrogens is 380 g/mol. The van der Waals surface area contributed by atoms with Crippen molar-refractivity contribution in [3.8, 4) is 11.5 Å². The van der Waals surface area contributed by atoms with E-state index < -0.39 is 12.2 Å². The first-order valence-electron chi connectivity index (χ1n) is 10.4. The summed E-state index contributed by atoms with van der Waals surface area (Å²) in [4.78, 5) is 29.0. The Balaban J connectivity index is 1.48. The number of rotatable bonds is 6. The summed E-state index contributed by atoms with van der Waals surface area (Å²) in [5.74, 6) is 1.23. The lowest BCUT2D eigenvalue weighted by Crippen LogP contribution is -2.55. The molecule has 0 aliphatic carbocycles. The molecule has 0 N–H and O–H groups in total. The first-order chi connectivity index (χ1) is 14.3. The van der Waals surface area contributed by atoms with E-state index in [1.807, 2.05) is 62.4 Å². The largest absolute Gasteiger partial charge is 0.481 e. The van der Waals surface area contributed by atoms with Gasteiger partial charge in [-0.1, -0.05) is 35.4 Å². The molecule has 0 saturated carbocycles. The fraction of sp³-hybridized carbons (Fsp3) is 0.417. The third-order valence-corrected chi connectivity index (χ3v) is 5.27. The van der Waals surface area contributed by atoms with Crippen molar-refractivity contribution in [3.05, 3.63) is 59.7 Å². The van der Waals surface area contributed by atoms with Crippen LogP contribution < -0.4 is 9.47 Å². The zero-order valence-electron chi connectivity index (χ0n) is 18.1. The molecule has 2 atom stereocenters. The molecule has 1 heterocycles. The fourth-order valence-electron chi connectivity index (χ4n) is 3.40. The molecule has 0 radical (unpaired) electrons. The molecule has 2 amide bonds. The van der Waals surface area contributed by atoms with E-state index in [2.05, 4.69) is 0 Å². The Morgan fingerprint density at radius 3 is 1.27 bits per heavy atom. The molecule has 0 bridgehead atoms. The molecule has 1 aliphatic rings. The normalized spacial score (nSPS) is 16.0. The van der Waals surface area contributed by atoms with Gasteiger partial charge >= 0.3 is 0 Å². The lowest BCUT2D eigenvalue weighted by atomic mass is 10.2. The van der Waals surface area contributed by atoms with Gasteiger partial charge in [0.1, 0.15) is 11.5 Å². The van der Waals surface area contributed by atoms with Gasteiger partial charge < -0.3 is 19.3 Å². The van der Waals surface area contributed by atoms with Crippen LogP contribution in [0.3, 0.4) is 0 Å². The van der Waals surface area contributed by atoms with Crippen molar-refractivity contribution >= 4 is 11.8 Å². The van der Waals surface area contributed by atoms with Gasteiger partial charge in [-0.05, 0) is 52.0 Å². The third kappa shape index (κ3) is 5.53. The zero-order chi connectivity index (χ0) is 21.7. The molecule has 0 aromatic heterocycles. The second kappa shape index (κ2) is 9.65. The van der Waals surface area contributed by atoms with Crippen molar-refractivity contribution < 1.29 is 19.1 Å². The van der Waals surface area contributed by atoms with Crippen LogP contribution in [0.5, 0.6) is 11.5 Å². The number of hydrogen-bond acceptors (Lipinski definition) is 4. The summed E-state index contributed by atoms with van der Waals surface area (Å²) < 4.78 is 11.6. The summed E-state index contributed by atoms with van der Waals surface area (Å²) in [5, 5.41) is 0. The Morgan fingerprint density at radius 2 is 0.967 bits per heavy atom. The third-order valence-electron chi connectivity index (χ3n) is 5.27. The predicted octanol–water partition coefficient (Wildman–Crippen LogP) is 3.21. The van der Waals surface area contributed by atoms with E-state index in [-0.39, 0.29) is 11.8 Å². The predicted molar refractivity (Wildman–Crippen MR) is 116 cm³/mol. The summed E-state index contributed by atoms with van der Waals surface area (Å²) in [6.07, 6.45) is -1.14. The fourth-order valence-corrected chi connectivity index (χ4v) is 3.40. The summed E-state index contributed by atoms with van der Waals surface area (Å²) in [7, 11) is 0. The Hall–Kier alpha value is -3.02. The molecule has 2 aromatic rings. The van der Waals surface area contributed by atoms with Crippen LogP contribution in [0, 0.1) is 13.8 Å². The van der Waals surface area contributed by atoms with Gasteiger partial charge in [0.25, 0.3) is 11.8 Å². The van der Waals surface area contributed by atoms with Gasteiger partial charge in [0.05, 0.1) is 0 Å². The van der Waals surface area contributed by atoms with Crippen LogP contribution in [-0.2, 0) is 9.59 Å². The maximum atomic E-state index is 12.7. The van der Waals surface area contributed by atoms with Crippen LogP contribution in [0.4, 0.5) is 0 Å². The van der Waals surface area contributed by atoms with E-state index in [1.54, 1.807) is 23.6 Å². The van der Waals surface area contributed by atoms with Crippen LogP contribution in [-0.4, -0.2) is 60.0 Å². The van der Waals surface area contributed by atoms with Crippen LogP contribution in [0.15, 0.2) is 48.5 Å². The molecule has 6 heteroatoms. The molecule has 3 rings (SSSR count). The quantitative estimate of drug-likeness (QED) is 0.734. The van der Waals surface area contributed by atoms with E-state index in [9.17, 15) is 9.59 Å². The van der Waals surface area contributed by atoms with Gasteiger partial charge in [0.15, 0.2) is 12.2 Å². The highest BCUT2D eigenvalue weighted by atomic mass is 16.5. The number of hydrogen-bond donors (Lipinski definition) is 0. The summed E-state index contributed by atoms with van der Waals surface area (Å²) >= 11 is 0. The van der Waals surface area contributed by atoms with Gasteiger partial charge in [0.2, 0.25) is 0 Å². The molecular formula is C24H30N2O4. The summed E-state index contributed by atoms with van der Waals surface area (Å²) in [6, 6.07) is 15.3. The number of nitrogens with zero attached hydrogens (tertiary/aromatic N) is 2. The first kappa shape index (κ1) is 21.7. The Morgan fingerprint density at radius 1 is 0.667 bits per heavy atom. The molecule has 6 nitrogen and oxygen atoms in total. The minimum atomic E-state index is -0.571. The van der Waals surface area contributed by atoms with Crippen molar-refractivity contribution in [2.75, 3.05) is 26.2 Å². The van der Waals surface area contributed by atoms with E-state index >= 15 is 0 Å². The Labute approximate surface area is 178 Å². The van der Waals surface area contributed by atoms with E-state index in [0.717, 1.165) is 11.1 Å². The van der Waals surface area contributed by atoms with E-state index in [4.69, 9.17) is 9.47 Å². The zero-order valence-corrected chi connectivity index (χ0v) is 18.1. The number of aryl methyl sites for hydroxylation is 2. The SMILES string of the molecule is Cc1ccc(OC(C)C(=O)N2CCN(C(=O)C(C)Oc3ccc(C)cc3)CC2)cc1. The molecule has 1 saturated heterocycles. The number of ether oxygens (including phenoxy) is 2. The van der Waals surface area contributed by atoms with Crippen molar-refractivity contribution in [3.63, 3.8) is 0 Å². The standard InChI is InChI=1S/C24H30N2O4/c1-17-5-9-21(10-6-17)29-19(3)23(27)25-13-15-26(16-14-25)24(28)20(4)30-22-11-7-18(2)8-12-22/h5-12,19-20H,13-16H2,1-4H3. The van der Waals surface area contributed by atoms with Crippen LogP contribution in [0.1, 0.15) is 25.0 Å². The summed E-state index contributed by atoms with van der Waals surface area (Å²) in [6.45, 7) is 9.49. The van der Waals surface area contributed by atoms with Crippen LogP contribution in [0.25, 0.3) is 0 Å². The average Bonchev–Trinajstić information content (AvgIpc) is 2.76. The molecule has 1 aliphatic heterocycles. The van der Waals surface area contributed by atoms with Gasteiger partial charge in [0, 0.05) is 26.2 Å².